The van der Waals surface area contributed by atoms with Crippen LogP contribution in [0.3, 0.4) is 0 Å². The number of rotatable bonds is 5. The molecule has 1 aliphatic carbocycles. The lowest BCUT2D eigenvalue weighted by atomic mass is 9.81. The van der Waals surface area contributed by atoms with E-state index >= 15 is 0 Å². The van der Waals surface area contributed by atoms with Crippen LogP contribution >= 0.6 is 0 Å². The Kier molecular flexibility index (Phi) is 6.88. The second-order valence-electron chi connectivity index (χ2n) is 13.6. The third-order valence-corrected chi connectivity index (χ3v) is 10.3. The highest BCUT2D eigenvalue weighted by Gasteiger charge is 2.38. The SMILES string of the molecule is CC1(C)c2ccccc2-c2c1cc1ccccc1c2-c1cc(-c2ccc(-c3ccccc3)cc2)cc(-c2ccc(-c3ccccc3)cc2)n1. The molecule has 8 aromatic rings. The molecule has 0 radical (unpaired) electrons. The van der Waals surface area contributed by atoms with Crippen LogP contribution in [0.2, 0.25) is 0 Å². The number of hydrogen-bond acceptors (Lipinski definition) is 1. The van der Waals surface area contributed by atoms with Crippen molar-refractivity contribution in [3.8, 4) is 67.0 Å². The number of pyridine rings is 1. The first-order valence-corrected chi connectivity index (χ1v) is 17.0. The summed E-state index contributed by atoms with van der Waals surface area (Å²) >= 11 is 0. The van der Waals surface area contributed by atoms with E-state index in [1.165, 1.54) is 66.4 Å². The zero-order chi connectivity index (χ0) is 33.0. The summed E-state index contributed by atoms with van der Waals surface area (Å²) in [4.78, 5) is 5.52. The molecule has 0 spiro atoms. The van der Waals surface area contributed by atoms with Gasteiger partial charge in [-0.2, -0.15) is 0 Å². The van der Waals surface area contributed by atoms with Crippen molar-refractivity contribution >= 4 is 10.8 Å². The fourth-order valence-corrected chi connectivity index (χ4v) is 7.70. The van der Waals surface area contributed by atoms with E-state index in [0.717, 1.165) is 22.5 Å². The molecule has 49 heavy (non-hydrogen) atoms. The van der Waals surface area contributed by atoms with Crippen LogP contribution in [0.4, 0.5) is 0 Å². The third kappa shape index (κ3) is 4.98. The van der Waals surface area contributed by atoms with Crippen molar-refractivity contribution in [2.45, 2.75) is 19.3 Å². The molecule has 0 aliphatic heterocycles. The highest BCUT2D eigenvalue weighted by Crippen LogP contribution is 2.54. The molecular weight excluding hydrogens is 591 g/mol. The van der Waals surface area contributed by atoms with Gasteiger partial charge in [0.15, 0.2) is 0 Å². The van der Waals surface area contributed by atoms with Gasteiger partial charge in [0.05, 0.1) is 11.4 Å². The molecule has 1 nitrogen and oxygen atoms in total. The van der Waals surface area contributed by atoms with Crippen LogP contribution in [0.15, 0.2) is 176 Å². The molecule has 0 bridgehead atoms. The zero-order valence-electron chi connectivity index (χ0n) is 27.7. The average molecular weight is 626 g/mol. The first-order chi connectivity index (χ1) is 24.0. The van der Waals surface area contributed by atoms with E-state index in [0.29, 0.717) is 0 Å². The molecule has 0 fully saturated rings. The van der Waals surface area contributed by atoms with Gasteiger partial charge in [0.1, 0.15) is 0 Å². The maximum atomic E-state index is 5.52. The fraction of sp³-hybridized carbons (Fsp3) is 0.0625. The van der Waals surface area contributed by atoms with Gasteiger partial charge in [0, 0.05) is 16.5 Å². The highest BCUT2D eigenvalue weighted by atomic mass is 14.7. The van der Waals surface area contributed by atoms with Crippen LogP contribution in [-0.4, -0.2) is 4.98 Å². The van der Waals surface area contributed by atoms with Gasteiger partial charge in [-0.25, -0.2) is 4.98 Å². The summed E-state index contributed by atoms with van der Waals surface area (Å²) in [5, 5.41) is 2.47. The Bertz CT molecular complexity index is 2370. The molecule has 0 atom stereocenters. The molecule has 0 saturated heterocycles. The lowest BCUT2D eigenvalue weighted by Crippen LogP contribution is -2.15. The van der Waals surface area contributed by atoms with Gasteiger partial charge in [-0.3, -0.25) is 0 Å². The molecule has 7 aromatic carbocycles. The number of fused-ring (bicyclic) bond motifs is 4. The molecule has 1 heterocycles. The lowest BCUT2D eigenvalue weighted by molar-refractivity contribution is 0.661. The summed E-state index contributed by atoms with van der Waals surface area (Å²) in [6.07, 6.45) is 0. The Morgan fingerprint density at radius 2 is 0.857 bits per heavy atom. The summed E-state index contributed by atoms with van der Waals surface area (Å²) in [6, 6.07) is 63.6. The van der Waals surface area contributed by atoms with E-state index < -0.39 is 0 Å². The van der Waals surface area contributed by atoms with E-state index in [1.54, 1.807) is 0 Å². The largest absolute Gasteiger partial charge is 0.248 e. The van der Waals surface area contributed by atoms with Crippen molar-refractivity contribution in [2.75, 3.05) is 0 Å². The second-order valence-corrected chi connectivity index (χ2v) is 13.6. The van der Waals surface area contributed by atoms with Crippen LogP contribution in [0.25, 0.3) is 77.8 Å². The van der Waals surface area contributed by atoms with E-state index in [9.17, 15) is 0 Å². The standard InChI is InChI=1S/C48H35N/c1-48(2)42-20-12-11-19-41(42)46-43(48)29-38-17-9-10-18-40(38)47(46)45-31-39(36-23-21-34(22-24-36)32-13-5-3-6-14-32)30-44(49-45)37-27-25-35(26-28-37)33-15-7-4-8-16-33/h3-31H,1-2H3. The molecule has 0 unspecified atom stereocenters. The van der Waals surface area contributed by atoms with Crippen molar-refractivity contribution in [1.29, 1.82) is 0 Å². The van der Waals surface area contributed by atoms with Crippen LogP contribution in [0, 0.1) is 0 Å². The van der Waals surface area contributed by atoms with Crippen molar-refractivity contribution in [1.82, 2.24) is 4.98 Å². The fourth-order valence-electron chi connectivity index (χ4n) is 7.70. The predicted molar refractivity (Wildman–Crippen MR) is 206 cm³/mol. The van der Waals surface area contributed by atoms with E-state index in [4.69, 9.17) is 4.98 Å². The Morgan fingerprint density at radius 1 is 0.367 bits per heavy atom. The van der Waals surface area contributed by atoms with Crippen molar-refractivity contribution < 1.29 is 0 Å². The van der Waals surface area contributed by atoms with Crippen LogP contribution in [-0.2, 0) is 5.41 Å². The molecule has 0 saturated carbocycles. The molecule has 232 valence electrons. The first-order valence-electron chi connectivity index (χ1n) is 17.0. The first kappa shape index (κ1) is 29.1. The van der Waals surface area contributed by atoms with Crippen molar-refractivity contribution in [3.63, 3.8) is 0 Å². The minimum absolute atomic E-state index is 0.119. The predicted octanol–water partition coefficient (Wildman–Crippen LogP) is 12.9. The normalized spacial score (nSPS) is 12.9. The van der Waals surface area contributed by atoms with Crippen LogP contribution < -0.4 is 0 Å². The summed E-state index contributed by atoms with van der Waals surface area (Å²) in [5.41, 5.74) is 16.6. The molecular formula is C48H35N. The van der Waals surface area contributed by atoms with Crippen molar-refractivity contribution in [2.24, 2.45) is 0 Å². The third-order valence-electron chi connectivity index (χ3n) is 10.3. The summed E-state index contributed by atoms with van der Waals surface area (Å²) < 4.78 is 0. The maximum Gasteiger partial charge on any atom is 0.0728 e. The molecule has 1 heteroatoms. The highest BCUT2D eigenvalue weighted by molar-refractivity contribution is 6.08. The van der Waals surface area contributed by atoms with Gasteiger partial charge in [0.2, 0.25) is 0 Å². The summed E-state index contributed by atoms with van der Waals surface area (Å²) in [5.74, 6) is 0. The zero-order valence-corrected chi connectivity index (χ0v) is 27.7. The van der Waals surface area contributed by atoms with Gasteiger partial charge in [-0.15, -0.1) is 0 Å². The molecule has 1 aromatic heterocycles. The Morgan fingerprint density at radius 3 is 1.51 bits per heavy atom. The Labute approximate surface area is 288 Å². The molecule has 9 rings (SSSR count). The van der Waals surface area contributed by atoms with Gasteiger partial charge >= 0.3 is 0 Å². The summed E-state index contributed by atoms with van der Waals surface area (Å²) in [7, 11) is 0. The van der Waals surface area contributed by atoms with Gasteiger partial charge in [-0.05, 0) is 84.6 Å². The molecule has 1 aliphatic rings. The summed E-state index contributed by atoms with van der Waals surface area (Å²) in [6.45, 7) is 4.71. The van der Waals surface area contributed by atoms with Crippen LogP contribution in [0.5, 0.6) is 0 Å². The average Bonchev–Trinajstić information content (AvgIpc) is 3.40. The van der Waals surface area contributed by atoms with Crippen molar-refractivity contribution in [3.05, 3.63) is 187 Å². The van der Waals surface area contributed by atoms with Gasteiger partial charge in [-0.1, -0.05) is 172 Å². The van der Waals surface area contributed by atoms with E-state index in [-0.39, 0.29) is 5.41 Å². The molecule has 0 amide bonds. The smallest absolute Gasteiger partial charge is 0.0728 e. The minimum Gasteiger partial charge on any atom is -0.248 e. The topological polar surface area (TPSA) is 12.9 Å². The van der Waals surface area contributed by atoms with Gasteiger partial charge < -0.3 is 0 Å². The Hall–Kier alpha value is -6.05. The van der Waals surface area contributed by atoms with E-state index in [1.807, 2.05) is 0 Å². The van der Waals surface area contributed by atoms with Gasteiger partial charge in [0.25, 0.3) is 0 Å². The number of nitrogens with zero attached hydrogens (tertiary/aromatic N) is 1. The Balaban J connectivity index is 1.28. The minimum atomic E-state index is -0.119. The lowest BCUT2D eigenvalue weighted by Gasteiger charge is -2.23. The number of benzene rings is 7. The maximum absolute atomic E-state index is 5.52. The second kappa shape index (κ2) is 11.6. The monoisotopic (exact) mass is 625 g/mol. The van der Waals surface area contributed by atoms with Crippen LogP contribution in [0.1, 0.15) is 25.0 Å². The number of hydrogen-bond donors (Lipinski definition) is 0. The number of aromatic nitrogens is 1. The quantitative estimate of drug-likeness (QED) is 0.185. The molecule has 0 N–H and O–H groups in total. The van der Waals surface area contributed by atoms with E-state index in [2.05, 4.69) is 190 Å².